The SMILES string of the molecule is Cc1cccc(C(=O)N2CCS(=O)CC2)c1Br. The molecule has 1 heterocycles. The van der Waals surface area contributed by atoms with Gasteiger partial charge in [-0.15, -0.1) is 0 Å². The average molecular weight is 316 g/mol. The molecule has 0 aliphatic carbocycles. The van der Waals surface area contributed by atoms with Gasteiger partial charge in [0.15, 0.2) is 0 Å². The number of rotatable bonds is 1. The van der Waals surface area contributed by atoms with Crippen LogP contribution in [0.25, 0.3) is 0 Å². The Balaban J connectivity index is 2.20. The Bertz CT molecular complexity index is 466. The van der Waals surface area contributed by atoms with Gasteiger partial charge in [0.05, 0.1) is 5.56 Å². The van der Waals surface area contributed by atoms with Crippen molar-refractivity contribution in [2.45, 2.75) is 6.92 Å². The minimum absolute atomic E-state index is 0.0253. The van der Waals surface area contributed by atoms with Crippen LogP contribution < -0.4 is 0 Å². The summed E-state index contributed by atoms with van der Waals surface area (Å²) in [6.07, 6.45) is 0. The Labute approximate surface area is 112 Å². The predicted octanol–water partition coefficient (Wildman–Crippen LogP) is 1.96. The van der Waals surface area contributed by atoms with Crippen LogP contribution in [-0.4, -0.2) is 39.6 Å². The molecule has 0 bridgehead atoms. The highest BCUT2D eigenvalue weighted by atomic mass is 79.9. The highest BCUT2D eigenvalue weighted by Crippen LogP contribution is 2.22. The van der Waals surface area contributed by atoms with Crippen molar-refractivity contribution in [1.29, 1.82) is 0 Å². The summed E-state index contributed by atoms with van der Waals surface area (Å²) in [6, 6.07) is 5.67. The van der Waals surface area contributed by atoms with Gasteiger partial charge < -0.3 is 4.90 Å². The Morgan fingerprint density at radius 2 is 2.00 bits per heavy atom. The summed E-state index contributed by atoms with van der Waals surface area (Å²) < 4.78 is 12.1. The standard InChI is InChI=1S/C12H14BrNO2S/c1-9-3-2-4-10(11(9)13)12(15)14-5-7-17(16)8-6-14/h2-4H,5-8H2,1H3. The van der Waals surface area contributed by atoms with Gasteiger partial charge in [-0.25, -0.2) is 0 Å². The molecule has 1 aromatic carbocycles. The first-order valence-electron chi connectivity index (χ1n) is 5.49. The van der Waals surface area contributed by atoms with Crippen molar-refractivity contribution in [2.24, 2.45) is 0 Å². The number of carbonyl (C=O) groups is 1. The third-order valence-corrected chi connectivity index (χ3v) is 5.22. The van der Waals surface area contributed by atoms with Crippen LogP contribution in [0.4, 0.5) is 0 Å². The first-order valence-corrected chi connectivity index (χ1v) is 7.77. The van der Waals surface area contributed by atoms with Gasteiger partial charge >= 0.3 is 0 Å². The zero-order chi connectivity index (χ0) is 12.4. The van der Waals surface area contributed by atoms with Gasteiger partial charge in [0.2, 0.25) is 0 Å². The number of benzene rings is 1. The summed E-state index contributed by atoms with van der Waals surface area (Å²) >= 11 is 3.45. The summed E-state index contributed by atoms with van der Waals surface area (Å²) in [5.41, 5.74) is 1.74. The number of nitrogens with zero attached hydrogens (tertiary/aromatic N) is 1. The summed E-state index contributed by atoms with van der Waals surface area (Å²) in [6.45, 7) is 3.14. The molecule has 17 heavy (non-hydrogen) atoms. The lowest BCUT2D eigenvalue weighted by Gasteiger charge is -2.26. The minimum atomic E-state index is -0.749. The van der Waals surface area contributed by atoms with Crippen molar-refractivity contribution < 1.29 is 9.00 Å². The summed E-state index contributed by atoms with van der Waals surface area (Å²) in [5.74, 6) is 1.21. The molecule has 0 atom stereocenters. The highest BCUT2D eigenvalue weighted by Gasteiger charge is 2.22. The third-order valence-electron chi connectivity index (χ3n) is 2.89. The second-order valence-electron chi connectivity index (χ2n) is 4.08. The van der Waals surface area contributed by atoms with Crippen LogP contribution in [0.5, 0.6) is 0 Å². The van der Waals surface area contributed by atoms with E-state index in [9.17, 15) is 9.00 Å². The second kappa shape index (κ2) is 5.31. The van der Waals surface area contributed by atoms with E-state index >= 15 is 0 Å². The zero-order valence-electron chi connectivity index (χ0n) is 9.61. The second-order valence-corrected chi connectivity index (χ2v) is 6.57. The maximum atomic E-state index is 12.3. The van der Waals surface area contributed by atoms with Crippen LogP contribution in [0, 0.1) is 6.92 Å². The third kappa shape index (κ3) is 2.77. The van der Waals surface area contributed by atoms with Crippen LogP contribution in [0.2, 0.25) is 0 Å². The van der Waals surface area contributed by atoms with E-state index in [0.29, 0.717) is 30.2 Å². The molecule has 1 aliphatic heterocycles. The number of amides is 1. The number of carbonyl (C=O) groups excluding carboxylic acids is 1. The zero-order valence-corrected chi connectivity index (χ0v) is 12.0. The Hall–Kier alpha value is -0.680. The molecule has 2 rings (SSSR count). The molecule has 92 valence electrons. The quantitative estimate of drug-likeness (QED) is 0.794. The van der Waals surface area contributed by atoms with E-state index in [-0.39, 0.29) is 5.91 Å². The fourth-order valence-corrected chi connectivity index (χ4v) is 3.31. The van der Waals surface area contributed by atoms with E-state index in [1.54, 1.807) is 4.90 Å². The molecule has 3 nitrogen and oxygen atoms in total. The van der Waals surface area contributed by atoms with Crippen LogP contribution in [0.3, 0.4) is 0 Å². The monoisotopic (exact) mass is 315 g/mol. The molecule has 1 amide bonds. The van der Waals surface area contributed by atoms with Crippen molar-refractivity contribution in [2.75, 3.05) is 24.6 Å². The molecule has 0 N–H and O–H groups in total. The molecule has 0 unspecified atom stereocenters. The Morgan fingerprint density at radius 1 is 1.35 bits per heavy atom. The molecule has 1 saturated heterocycles. The molecule has 1 aromatic rings. The molecule has 1 aliphatic rings. The van der Waals surface area contributed by atoms with E-state index in [2.05, 4.69) is 15.9 Å². The van der Waals surface area contributed by atoms with E-state index in [1.807, 2.05) is 25.1 Å². The van der Waals surface area contributed by atoms with Gasteiger partial charge in [0.25, 0.3) is 5.91 Å². The van der Waals surface area contributed by atoms with E-state index < -0.39 is 10.8 Å². The van der Waals surface area contributed by atoms with Gasteiger partial charge in [0, 0.05) is 39.9 Å². The van der Waals surface area contributed by atoms with E-state index in [1.165, 1.54) is 0 Å². The van der Waals surface area contributed by atoms with Gasteiger partial charge in [-0.3, -0.25) is 9.00 Å². The highest BCUT2D eigenvalue weighted by molar-refractivity contribution is 9.10. The van der Waals surface area contributed by atoms with Gasteiger partial charge in [0.1, 0.15) is 0 Å². The number of halogens is 1. The van der Waals surface area contributed by atoms with Crippen molar-refractivity contribution >= 4 is 32.6 Å². The first kappa shape index (κ1) is 12.8. The normalized spacial score (nSPS) is 17.2. The molecular weight excluding hydrogens is 302 g/mol. The van der Waals surface area contributed by atoms with Crippen molar-refractivity contribution in [3.8, 4) is 0 Å². The van der Waals surface area contributed by atoms with Crippen LogP contribution in [0.1, 0.15) is 15.9 Å². The van der Waals surface area contributed by atoms with Crippen LogP contribution in [0.15, 0.2) is 22.7 Å². The van der Waals surface area contributed by atoms with Crippen molar-refractivity contribution in [1.82, 2.24) is 4.90 Å². The maximum Gasteiger partial charge on any atom is 0.255 e. The lowest BCUT2D eigenvalue weighted by Crippen LogP contribution is -2.41. The molecule has 1 fully saturated rings. The lowest BCUT2D eigenvalue weighted by molar-refractivity contribution is 0.0770. The number of hydrogen-bond acceptors (Lipinski definition) is 2. The lowest BCUT2D eigenvalue weighted by atomic mass is 10.1. The maximum absolute atomic E-state index is 12.3. The number of aryl methyl sites for hydroxylation is 1. The molecule has 0 saturated carbocycles. The molecular formula is C12H14BrNO2S. The fraction of sp³-hybridized carbons (Fsp3) is 0.417. The van der Waals surface area contributed by atoms with Crippen LogP contribution >= 0.6 is 15.9 Å². The molecule has 5 heteroatoms. The average Bonchev–Trinajstić information content (AvgIpc) is 2.33. The smallest absolute Gasteiger partial charge is 0.255 e. The summed E-state index contributed by atoms with van der Waals surface area (Å²) in [4.78, 5) is 14.1. The minimum Gasteiger partial charge on any atom is -0.337 e. The summed E-state index contributed by atoms with van der Waals surface area (Å²) in [5, 5.41) is 0. The molecule has 0 radical (unpaired) electrons. The topological polar surface area (TPSA) is 37.4 Å². The molecule has 0 aromatic heterocycles. The predicted molar refractivity (Wildman–Crippen MR) is 72.7 cm³/mol. The van der Waals surface area contributed by atoms with Gasteiger partial charge in [-0.05, 0) is 34.5 Å². The van der Waals surface area contributed by atoms with Gasteiger partial charge in [-0.1, -0.05) is 12.1 Å². The summed E-state index contributed by atoms with van der Waals surface area (Å²) in [7, 11) is -0.749. The Kier molecular flexibility index (Phi) is 3.99. The largest absolute Gasteiger partial charge is 0.337 e. The van der Waals surface area contributed by atoms with E-state index in [0.717, 1.165) is 10.0 Å². The number of hydrogen-bond donors (Lipinski definition) is 0. The first-order chi connectivity index (χ1) is 8.09. The van der Waals surface area contributed by atoms with E-state index in [4.69, 9.17) is 0 Å². The molecule has 0 spiro atoms. The fourth-order valence-electron chi connectivity index (χ4n) is 1.82. The van der Waals surface area contributed by atoms with Crippen molar-refractivity contribution in [3.05, 3.63) is 33.8 Å². The Morgan fingerprint density at radius 3 is 2.65 bits per heavy atom. The van der Waals surface area contributed by atoms with Crippen molar-refractivity contribution in [3.63, 3.8) is 0 Å². The van der Waals surface area contributed by atoms with Gasteiger partial charge in [-0.2, -0.15) is 0 Å². The van der Waals surface area contributed by atoms with Crippen LogP contribution in [-0.2, 0) is 10.8 Å².